The second-order valence-electron chi connectivity index (χ2n) is 4.07. The van der Waals surface area contributed by atoms with Crippen LogP contribution in [0.4, 0.5) is 0 Å². The van der Waals surface area contributed by atoms with Crippen LogP contribution in [0.15, 0.2) is 0 Å². The molecular formula is C9H22ClP. The Kier molecular flexibility index (Phi) is 9.56. The molecule has 0 saturated carbocycles. The molecule has 0 aromatic heterocycles. The Morgan fingerprint density at radius 3 is 1.82 bits per heavy atom. The molecular weight excluding hydrogens is 175 g/mol. The van der Waals surface area contributed by atoms with Crippen molar-refractivity contribution in [1.29, 1.82) is 0 Å². The molecule has 0 rings (SSSR count). The first-order valence-electron chi connectivity index (χ1n) is 4.36. The Morgan fingerprint density at radius 1 is 0.909 bits per heavy atom. The van der Waals surface area contributed by atoms with Gasteiger partial charge in [-0.05, 0) is 12.8 Å². The van der Waals surface area contributed by atoms with E-state index in [1.165, 1.54) is 31.8 Å². The van der Waals surface area contributed by atoms with Crippen LogP contribution in [0.2, 0.25) is 0 Å². The van der Waals surface area contributed by atoms with Crippen LogP contribution in [0.3, 0.4) is 0 Å². The number of halogens is 1. The van der Waals surface area contributed by atoms with Crippen LogP contribution in [-0.4, -0.2) is 26.2 Å². The van der Waals surface area contributed by atoms with Gasteiger partial charge in [-0.2, -0.15) is 0 Å². The zero-order chi connectivity index (χ0) is 8.04. The Bertz CT molecular complexity index is 76.1. The van der Waals surface area contributed by atoms with Crippen LogP contribution in [0, 0.1) is 0 Å². The summed E-state index contributed by atoms with van der Waals surface area (Å²) in [5, 5.41) is 0. The zero-order valence-corrected chi connectivity index (χ0v) is 10.0. The van der Waals surface area contributed by atoms with Crippen LogP contribution in [-0.2, 0) is 0 Å². The minimum atomic E-state index is -0.456. The van der Waals surface area contributed by atoms with Gasteiger partial charge < -0.3 is 12.4 Å². The molecule has 0 aromatic carbocycles. The maximum atomic E-state index is 2.43. The predicted molar refractivity (Wildman–Crippen MR) is 53.7 cm³/mol. The van der Waals surface area contributed by atoms with Crippen molar-refractivity contribution < 1.29 is 12.4 Å². The highest BCUT2D eigenvalue weighted by Crippen LogP contribution is 2.47. The maximum Gasteiger partial charge on any atom is 0.0586 e. The fourth-order valence-corrected chi connectivity index (χ4v) is 2.19. The van der Waals surface area contributed by atoms with E-state index in [2.05, 4.69) is 26.9 Å². The van der Waals surface area contributed by atoms with Crippen LogP contribution < -0.4 is 12.4 Å². The summed E-state index contributed by atoms with van der Waals surface area (Å²) in [5.41, 5.74) is 0. The van der Waals surface area contributed by atoms with E-state index in [4.69, 9.17) is 0 Å². The van der Waals surface area contributed by atoms with Gasteiger partial charge in [0.2, 0.25) is 0 Å². The molecule has 0 aliphatic carbocycles. The molecule has 0 atom stereocenters. The lowest BCUT2D eigenvalue weighted by atomic mass is 10.2. The zero-order valence-electron chi connectivity index (χ0n) is 8.36. The van der Waals surface area contributed by atoms with Gasteiger partial charge in [0.1, 0.15) is 0 Å². The normalized spacial score (nSPS) is 10.9. The van der Waals surface area contributed by atoms with Gasteiger partial charge in [0, 0.05) is 27.3 Å². The van der Waals surface area contributed by atoms with E-state index >= 15 is 0 Å². The molecule has 0 nitrogen and oxygen atoms in total. The smallest absolute Gasteiger partial charge is 0.0586 e. The summed E-state index contributed by atoms with van der Waals surface area (Å²) in [6, 6.07) is 0. The third-order valence-corrected chi connectivity index (χ3v) is 3.34. The first-order valence-corrected chi connectivity index (χ1v) is 7.68. The highest BCUT2D eigenvalue weighted by molar-refractivity contribution is 7.73. The SMILES string of the molecule is CCCCCC[P+](C)(C)C.[Cl-]. The molecule has 0 amide bonds. The molecule has 11 heavy (non-hydrogen) atoms. The Morgan fingerprint density at radius 2 is 1.45 bits per heavy atom. The van der Waals surface area contributed by atoms with Crippen molar-refractivity contribution in [2.24, 2.45) is 0 Å². The van der Waals surface area contributed by atoms with Crippen molar-refractivity contribution in [3.8, 4) is 0 Å². The average molecular weight is 197 g/mol. The van der Waals surface area contributed by atoms with E-state index in [0.29, 0.717) is 0 Å². The quantitative estimate of drug-likeness (QED) is 0.443. The van der Waals surface area contributed by atoms with Gasteiger partial charge >= 0.3 is 0 Å². The minimum Gasteiger partial charge on any atom is -1.00 e. The van der Waals surface area contributed by atoms with Gasteiger partial charge in [-0.1, -0.05) is 19.8 Å². The number of rotatable bonds is 5. The highest BCUT2D eigenvalue weighted by Gasteiger charge is 2.14. The van der Waals surface area contributed by atoms with Crippen molar-refractivity contribution >= 4 is 7.26 Å². The highest BCUT2D eigenvalue weighted by atomic mass is 35.5. The lowest BCUT2D eigenvalue weighted by Gasteiger charge is -2.10. The first kappa shape index (κ1) is 14.3. The van der Waals surface area contributed by atoms with Gasteiger partial charge in [-0.25, -0.2) is 0 Å². The topological polar surface area (TPSA) is 0 Å². The van der Waals surface area contributed by atoms with Crippen molar-refractivity contribution in [2.45, 2.75) is 32.6 Å². The van der Waals surface area contributed by atoms with Gasteiger partial charge in [-0.15, -0.1) is 0 Å². The van der Waals surface area contributed by atoms with E-state index < -0.39 is 7.26 Å². The number of hydrogen-bond donors (Lipinski definition) is 0. The number of hydrogen-bond acceptors (Lipinski definition) is 0. The van der Waals surface area contributed by atoms with Crippen LogP contribution in [0.1, 0.15) is 32.6 Å². The Balaban J connectivity index is 0. The van der Waals surface area contributed by atoms with E-state index in [1.807, 2.05) is 0 Å². The van der Waals surface area contributed by atoms with E-state index in [1.54, 1.807) is 0 Å². The van der Waals surface area contributed by atoms with Crippen molar-refractivity contribution in [1.82, 2.24) is 0 Å². The Hall–Kier alpha value is 0.720. The van der Waals surface area contributed by atoms with Crippen LogP contribution >= 0.6 is 7.26 Å². The lowest BCUT2D eigenvalue weighted by Crippen LogP contribution is -3.00. The molecule has 0 heterocycles. The molecule has 0 N–H and O–H groups in total. The van der Waals surface area contributed by atoms with Gasteiger partial charge in [0.15, 0.2) is 0 Å². The molecule has 0 aliphatic heterocycles. The van der Waals surface area contributed by atoms with Gasteiger partial charge in [-0.3, -0.25) is 0 Å². The fourth-order valence-electron chi connectivity index (χ4n) is 1.01. The molecule has 0 aromatic rings. The molecule has 0 aliphatic rings. The van der Waals surface area contributed by atoms with Crippen molar-refractivity contribution in [2.75, 3.05) is 26.2 Å². The van der Waals surface area contributed by atoms with Crippen molar-refractivity contribution in [3.63, 3.8) is 0 Å². The van der Waals surface area contributed by atoms with Gasteiger partial charge in [0.25, 0.3) is 0 Å². The van der Waals surface area contributed by atoms with Crippen molar-refractivity contribution in [3.05, 3.63) is 0 Å². The molecule has 0 spiro atoms. The van der Waals surface area contributed by atoms with E-state index in [0.717, 1.165) is 0 Å². The second-order valence-corrected chi connectivity index (χ2v) is 9.10. The molecule has 70 valence electrons. The fraction of sp³-hybridized carbons (Fsp3) is 1.00. The predicted octanol–water partition coefficient (Wildman–Crippen LogP) is 0.478. The molecule has 0 saturated heterocycles. The second kappa shape index (κ2) is 7.37. The summed E-state index contributed by atoms with van der Waals surface area (Å²) in [6.07, 6.45) is 7.20. The molecule has 0 fully saturated rings. The summed E-state index contributed by atoms with van der Waals surface area (Å²) in [6.45, 7) is 9.56. The number of unbranched alkanes of at least 4 members (excludes halogenated alkanes) is 3. The summed E-state index contributed by atoms with van der Waals surface area (Å²) in [5.74, 6) is 0. The molecule has 0 radical (unpaired) electrons. The standard InChI is InChI=1S/C9H22P.ClH/c1-5-6-7-8-9-10(2,3)4;/h5-9H2,1-4H3;1H/q+1;/p-1. The average Bonchev–Trinajstić information content (AvgIpc) is 1.78. The largest absolute Gasteiger partial charge is 1.00 e. The third kappa shape index (κ3) is 13.7. The molecule has 0 unspecified atom stereocenters. The van der Waals surface area contributed by atoms with E-state index in [9.17, 15) is 0 Å². The lowest BCUT2D eigenvalue weighted by molar-refractivity contribution is -0.00000257. The third-order valence-electron chi connectivity index (χ3n) is 1.68. The maximum absolute atomic E-state index is 2.43. The first-order chi connectivity index (χ1) is 4.56. The summed E-state index contributed by atoms with van der Waals surface area (Å²) in [4.78, 5) is 0. The van der Waals surface area contributed by atoms with E-state index in [-0.39, 0.29) is 12.4 Å². The van der Waals surface area contributed by atoms with Gasteiger partial charge in [0.05, 0.1) is 6.16 Å². The van der Waals surface area contributed by atoms with Crippen LogP contribution in [0.5, 0.6) is 0 Å². The summed E-state index contributed by atoms with van der Waals surface area (Å²) < 4.78 is 0. The summed E-state index contributed by atoms with van der Waals surface area (Å²) in [7, 11) is -0.456. The minimum absolute atomic E-state index is 0. The molecule has 2 heteroatoms. The molecule has 0 bridgehead atoms. The summed E-state index contributed by atoms with van der Waals surface area (Å²) >= 11 is 0. The monoisotopic (exact) mass is 196 g/mol. The Labute approximate surface area is 78.9 Å². The van der Waals surface area contributed by atoms with Crippen LogP contribution in [0.25, 0.3) is 0 Å².